The molecule has 11 nitrogen and oxygen atoms in total. The van der Waals surface area contributed by atoms with Crippen molar-refractivity contribution < 1.29 is 14.5 Å². The number of morpholine rings is 1. The van der Waals surface area contributed by atoms with Crippen LogP contribution < -0.4 is 10.2 Å². The van der Waals surface area contributed by atoms with Crippen LogP contribution in [-0.4, -0.2) is 57.1 Å². The number of aromatic nitrogens is 4. The Balaban J connectivity index is 1.59. The zero-order valence-electron chi connectivity index (χ0n) is 16.2. The van der Waals surface area contributed by atoms with E-state index in [1.165, 1.54) is 16.8 Å². The van der Waals surface area contributed by atoms with Gasteiger partial charge in [-0.2, -0.15) is 0 Å². The lowest BCUT2D eigenvalue weighted by Gasteiger charge is -2.29. The number of nitro groups is 1. The third-order valence-electron chi connectivity index (χ3n) is 4.74. The summed E-state index contributed by atoms with van der Waals surface area (Å²) in [6.07, 6.45) is 1.67. The van der Waals surface area contributed by atoms with E-state index in [4.69, 9.17) is 4.74 Å². The van der Waals surface area contributed by atoms with Crippen LogP contribution in [0.3, 0.4) is 0 Å². The maximum absolute atomic E-state index is 12.9. The van der Waals surface area contributed by atoms with Gasteiger partial charge in [0.15, 0.2) is 11.5 Å². The molecule has 1 fully saturated rings. The molecule has 0 saturated carbocycles. The van der Waals surface area contributed by atoms with E-state index in [0.717, 1.165) is 0 Å². The summed E-state index contributed by atoms with van der Waals surface area (Å²) in [4.78, 5) is 29.9. The van der Waals surface area contributed by atoms with Gasteiger partial charge in [-0.15, -0.1) is 5.10 Å². The number of amides is 1. The number of pyridine rings is 1. The maximum atomic E-state index is 12.9. The first kappa shape index (κ1) is 19.5. The SMILES string of the molecule is Cc1c(C(=O)Nc2cccnc2N2CCOCC2)nnn1-c1cccc([N+](=O)[O-])c1. The molecule has 0 aliphatic carbocycles. The van der Waals surface area contributed by atoms with Crippen molar-refractivity contribution in [1.82, 2.24) is 20.0 Å². The predicted octanol–water partition coefficient (Wildman–Crippen LogP) is 1.97. The van der Waals surface area contributed by atoms with Gasteiger partial charge in [0, 0.05) is 31.4 Å². The molecule has 0 radical (unpaired) electrons. The zero-order chi connectivity index (χ0) is 21.1. The van der Waals surface area contributed by atoms with Gasteiger partial charge in [0.25, 0.3) is 11.6 Å². The van der Waals surface area contributed by atoms with Gasteiger partial charge in [0.2, 0.25) is 0 Å². The molecule has 2 aromatic heterocycles. The van der Waals surface area contributed by atoms with Gasteiger partial charge >= 0.3 is 0 Å². The minimum atomic E-state index is -0.487. The summed E-state index contributed by atoms with van der Waals surface area (Å²) in [5.74, 6) is 0.226. The van der Waals surface area contributed by atoms with E-state index in [1.807, 2.05) is 4.90 Å². The van der Waals surface area contributed by atoms with E-state index in [2.05, 4.69) is 20.6 Å². The Bertz CT molecular complexity index is 1090. The average molecular weight is 409 g/mol. The number of nitrogens with zero attached hydrogens (tertiary/aromatic N) is 6. The smallest absolute Gasteiger partial charge is 0.278 e. The third kappa shape index (κ3) is 3.82. The highest BCUT2D eigenvalue weighted by Crippen LogP contribution is 2.25. The van der Waals surface area contributed by atoms with E-state index in [-0.39, 0.29) is 11.4 Å². The standard InChI is InChI=1S/C19H19N7O4/c1-13-17(22-23-25(13)14-4-2-5-15(12-14)26(28)29)19(27)21-16-6-3-7-20-18(16)24-8-10-30-11-9-24/h2-7,12H,8-11H2,1H3,(H,21,27). The van der Waals surface area contributed by atoms with Gasteiger partial charge < -0.3 is 15.0 Å². The summed E-state index contributed by atoms with van der Waals surface area (Å²) < 4.78 is 6.77. The summed E-state index contributed by atoms with van der Waals surface area (Å²) in [5.41, 5.74) is 1.53. The molecule has 1 N–H and O–H groups in total. The van der Waals surface area contributed by atoms with Crippen LogP contribution in [0.25, 0.3) is 5.69 Å². The number of carbonyl (C=O) groups is 1. The Morgan fingerprint density at radius 2 is 2.03 bits per heavy atom. The van der Waals surface area contributed by atoms with Crippen LogP contribution in [0.4, 0.5) is 17.2 Å². The van der Waals surface area contributed by atoms with Crippen molar-refractivity contribution >= 4 is 23.1 Å². The number of ether oxygens (including phenoxy) is 1. The van der Waals surface area contributed by atoms with E-state index in [9.17, 15) is 14.9 Å². The monoisotopic (exact) mass is 409 g/mol. The summed E-state index contributed by atoms with van der Waals surface area (Å²) in [5, 5.41) is 21.9. The Morgan fingerprint density at radius 3 is 2.80 bits per heavy atom. The van der Waals surface area contributed by atoms with Crippen molar-refractivity contribution in [3.05, 3.63) is 64.1 Å². The van der Waals surface area contributed by atoms with E-state index in [0.29, 0.717) is 49.2 Å². The average Bonchev–Trinajstić information content (AvgIpc) is 3.16. The fourth-order valence-corrected chi connectivity index (χ4v) is 3.23. The molecule has 1 aromatic carbocycles. The Labute approximate surface area is 171 Å². The minimum absolute atomic E-state index is 0.0704. The Morgan fingerprint density at radius 1 is 1.23 bits per heavy atom. The molecular weight excluding hydrogens is 390 g/mol. The summed E-state index contributed by atoms with van der Waals surface area (Å²) >= 11 is 0. The quantitative estimate of drug-likeness (QED) is 0.500. The number of nitro benzene ring substituents is 1. The molecule has 4 rings (SSSR count). The zero-order valence-corrected chi connectivity index (χ0v) is 16.2. The van der Waals surface area contributed by atoms with Crippen molar-refractivity contribution in [2.45, 2.75) is 6.92 Å². The number of anilines is 2. The Kier molecular flexibility index (Phi) is 5.35. The fraction of sp³-hybridized carbons (Fsp3) is 0.263. The van der Waals surface area contributed by atoms with E-state index >= 15 is 0 Å². The molecule has 0 atom stereocenters. The van der Waals surface area contributed by atoms with Crippen LogP contribution >= 0.6 is 0 Å². The topological polar surface area (TPSA) is 128 Å². The number of carbonyl (C=O) groups excluding carboxylic acids is 1. The molecule has 30 heavy (non-hydrogen) atoms. The van der Waals surface area contributed by atoms with Crippen molar-refractivity contribution in [3.63, 3.8) is 0 Å². The summed E-state index contributed by atoms with van der Waals surface area (Å²) in [7, 11) is 0. The molecule has 11 heteroatoms. The molecule has 154 valence electrons. The molecule has 3 aromatic rings. The first-order valence-electron chi connectivity index (χ1n) is 9.31. The number of benzene rings is 1. The van der Waals surface area contributed by atoms with Gasteiger partial charge in [-0.25, -0.2) is 9.67 Å². The summed E-state index contributed by atoms with van der Waals surface area (Å²) in [6, 6.07) is 9.49. The molecule has 3 heterocycles. The van der Waals surface area contributed by atoms with Crippen LogP contribution in [0.15, 0.2) is 42.6 Å². The van der Waals surface area contributed by atoms with E-state index < -0.39 is 10.8 Å². The Hall–Kier alpha value is -3.86. The third-order valence-corrected chi connectivity index (χ3v) is 4.74. The lowest BCUT2D eigenvalue weighted by molar-refractivity contribution is -0.384. The predicted molar refractivity (Wildman–Crippen MR) is 108 cm³/mol. The molecule has 0 bridgehead atoms. The van der Waals surface area contributed by atoms with Crippen molar-refractivity contribution in [3.8, 4) is 5.69 Å². The fourth-order valence-electron chi connectivity index (χ4n) is 3.23. The molecule has 1 aliphatic heterocycles. The van der Waals surface area contributed by atoms with Gasteiger partial charge in [0.1, 0.15) is 0 Å². The highest BCUT2D eigenvalue weighted by Gasteiger charge is 2.22. The molecule has 1 saturated heterocycles. The first-order valence-corrected chi connectivity index (χ1v) is 9.31. The number of hydrogen-bond donors (Lipinski definition) is 1. The van der Waals surface area contributed by atoms with Crippen molar-refractivity contribution in [2.75, 3.05) is 36.5 Å². The van der Waals surface area contributed by atoms with Gasteiger partial charge in [0.05, 0.1) is 35.2 Å². The minimum Gasteiger partial charge on any atom is -0.378 e. The number of rotatable bonds is 5. The molecule has 1 amide bonds. The van der Waals surface area contributed by atoms with Crippen LogP contribution in [0, 0.1) is 17.0 Å². The largest absolute Gasteiger partial charge is 0.378 e. The normalized spacial score (nSPS) is 13.8. The van der Waals surface area contributed by atoms with Gasteiger partial charge in [-0.3, -0.25) is 14.9 Å². The number of hydrogen-bond acceptors (Lipinski definition) is 8. The molecule has 0 unspecified atom stereocenters. The second kappa shape index (κ2) is 8.25. The summed E-state index contributed by atoms with van der Waals surface area (Å²) in [6.45, 7) is 4.24. The van der Waals surface area contributed by atoms with Gasteiger partial charge in [-0.05, 0) is 25.1 Å². The maximum Gasteiger partial charge on any atom is 0.278 e. The highest BCUT2D eigenvalue weighted by molar-refractivity contribution is 6.05. The van der Waals surface area contributed by atoms with Gasteiger partial charge in [-0.1, -0.05) is 11.3 Å². The number of nitrogens with one attached hydrogen (secondary N) is 1. The number of non-ortho nitro benzene ring substituents is 1. The molecule has 0 spiro atoms. The van der Waals surface area contributed by atoms with E-state index in [1.54, 1.807) is 37.4 Å². The first-order chi connectivity index (χ1) is 14.5. The van der Waals surface area contributed by atoms with Crippen molar-refractivity contribution in [1.29, 1.82) is 0 Å². The van der Waals surface area contributed by atoms with Crippen LogP contribution in [0.1, 0.15) is 16.2 Å². The highest BCUT2D eigenvalue weighted by atomic mass is 16.6. The van der Waals surface area contributed by atoms with Crippen LogP contribution in [0.5, 0.6) is 0 Å². The lowest BCUT2D eigenvalue weighted by Crippen LogP contribution is -2.37. The second-order valence-electron chi connectivity index (χ2n) is 6.64. The van der Waals surface area contributed by atoms with Crippen LogP contribution in [-0.2, 0) is 4.74 Å². The second-order valence-corrected chi connectivity index (χ2v) is 6.64. The van der Waals surface area contributed by atoms with Crippen molar-refractivity contribution in [2.24, 2.45) is 0 Å². The lowest BCUT2D eigenvalue weighted by atomic mass is 10.2. The van der Waals surface area contributed by atoms with Crippen LogP contribution in [0.2, 0.25) is 0 Å². The molecule has 1 aliphatic rings. The molecular formula is C19H19N7O4.